The number of halogens is 1. The number of benzene rings is 1. The van der Waals surface area contributed by atoms with Gasteiger partial charge in [0.25, 0.3) is 0 Å². The van der Waals surface area contributed by atoms with Gasteiger partial charge in [0, 0.05) is 13.6 Å². The van der Waals surface area contributed by atoms with Crippen molar-refractivity contribution in [1.82, 2.24) is 4.90 Å². The second kappa shape index (κ2) is 6.06. The van der Waals surface area contributed by atoms with Crippen molar-refractivity contribution in [3.63, 3.8) is 0 Å². The molecule has 0 heterocycles. The van der Waals surface area contributed by atoms with E-state index in [-0.39, 0.29) is 11.8 Å². The second-order valence-electron chi connectivity index (χ2n) is 4.72. The molecule has 0 aliphatic carbocycles. The molecule has 0 radical (unpaired) electrons. The highest BCUT2D eigenvalue weighted by Crippen LogP contribution is 2.19. The number of hydrogen-bond donors (Lipinski definition) is 0. The van der Waals surface area contributed by atoms with E-state index < -0.39 is 0 Å². The van der Waals surface area contributed by atoms with Gasteiger partial charge in [-0.2, -0.15) is 0 Å². The summed E-state index contributed by atoms with van der Waals surface area (Å²) >= 11 is 5.54. The average molecular weight is 254 g/mol. The zero-order valence-electron chi connectivity index (χ0n) is 11.0. The summed E-state index contributed by atoms with van der Waals surface area (Å²) in [6.07, 6.45) is 0. The summed E-state index contributed by atoms with van der Waals surface area (Å²) in [4.78, 5) is 13.1. The van der Waals surface area contributed by atoms with Gasteiger partial charge in [0.2, 0.25) is 5.91 Å². The SMILES string of the molecule is Cc1ccc(C(C)C)cc1CN(C)C(=O)CCl. The molecule has 0 bridgehead atoms. The van der Waals surface area contributed by atoms with Crippen LogP contribution in [0.5, 0.6) is 0 Å². The van der Waals surface area contributed by atoms with E-state index in [9.17, 15) is 4.79 Å². The molecule has 1 rings (SSSR count). The van der Waals surface area contributed by atoms with Gasteiger partial charge in [0.1, 0.15) is 5.88 Å². The quantitative estimate of drug-likeness (QED) is 0.754. The molecule has 0 saturated heterocycles. The molecule has 0 spiro atoms. The minimum Gasteiger partial charge on any atom is -0.340 e. The fraction of sp³-hybridized carbons (Fsp3) is 0.500. The maximum absolute atomic E-state index is 11.4. The van der Waals surface area contributed by atoms with Gasteiger partial charge in [-0.1, -0.05) is 32.0 Å². The van der Waals surface area contributed by atoms with Crippen LogP contribution in [0.3, 0.4) is 0 Å². The van der Waals surface area contributed by atoms with Gasteiger partial charge >= 0.3 is 0 Å². The van der Waals surface area contributed by atoms with Crippen LogP contribution in [0.25, 0.3) is 0 Å². The van der Waals surface area contributed by atoms with Crippen LogP contribution in [-0.4, -0.2) is 23.7 Å². The molecule has 2 nitrogen and oxygen atoms in total. The second-order valence-corrected chi connectivity index (χ2v) is 4.99. The first-order chi connectivity index (χ1) is 7.95. The summed E-state index contributed by atoms with van der Waals surface area (Å²) in [6, 6.07) is 6.44. The summed E-state index contributed by atoms with van der Waals surface area (Å²) in [5.74, 6) is 0.503. The van der Waals surface area contributed by atoms with E-state index in [0.29, 0.717) is 12.5 Å². The smallest absolute Gasteiger partial charge is 0.237 e. The van der Waals surface area contributed by atoms with Crippen molar-refractivity contribution in [3.8, 4) is 0 Å². The average Bonchev–Trinajstić information content (AvgIpc) is 2.30. The number of alkyl halides is 1. The van der Waals surface area contributed by atoms with Crippen LogP contribution in [0.15, 0.2) is 18.2 Å². The fourth-order valence-electron chi connectivity index (χ4n) is 1.67. The van der Waals surface area contributed by atoms with E-state index in [2.05, 4.69) is 39.0 Å². The lowest BCUT2D eigenvalue weighted by Crippen LogP contribution is -2.27. The normalized spacial score (nSPS) is 10.7. The highest BCUT2D eigenvalue weighted by atomic mass is 35.5. The largest absolute Gasteiger partial charge is 0.340 e. The molecule has 0 aromatic heterocycles. The maximum atomic E-state index is 11.4. The van der Waals surface area contributed by atoms with E-state index in [4.69, 9.17) is 11.6 Å². The van der Waals surface area contributed by atoms with E-state index in [1.54, 1.807) is 11.9 Å². The molecular formula is C14H20ClNO. The standard InChI is InChI=1S/C14H20ClNO/c1-10(2)12-6-5-11(3)13(7-12)9-16(4)14(17)8-15/h5-7,10H,8-9H2,1-4H3. The molecule has 1 aromatic rings. The Hall–Kier alpha value is -1.02. The Kier molecular flexibility index (Phi) is 5.01. The number of aryl methyl sites for hydroxylation is 1. The zero-order chi connectivity index (χ0) is 13.0. The first-order valence-corrected chi connectivity index (χ1v) is 6.38. The summed E-state index contributed by atoms with van der Waals surface area (Å²) in [5.41, 5.74) is 3.71. The topological polar surface area (TPSA) is 20.3 Å². The van der Waals surface area contributed by atoms with Crippen LogP contribution in [0.4, 0.5) is 0 Å². The summed E-state index contributed by atoms with van der Waals surface area (Å²) in [7, 11) is 1.78. The van der Waals surface area contributed by atoms with Crippen molar-refractivity contribution < 1.29 is 4.79 Å². The number of rotatable bonds is 4. The Morgan fingerprint density at radius 2 is 2.06 bits per heavy atom. The minimum atomic E-state index is -0.0407. The number of amides is 1. The van der Waals surface area contributed by atoms with Gasteiger partial charge in [-0.05, 0) is 29.5 Å². The molecule has 94 valence electrons. The molecule has 17 heavy (non-hydrogen) atoms. The van der Waals surface area contributed by atoms with Crippen LogP contribution in [0.2, 0.25) is 0 Å². The van der Waals surface area contributed by atoms with Crippen molar-refractivity contribution in [3.05, 3.63) is 34.9 Å². The van der Waals surface area contributed by atoms with Gasteiger partial charge in [0.15, 0.2) is 0 Å². The molecule has 0 fully saturated rings. The van der Waals surface area contributed by atoms with Crippen molar-refractivity contribution in [1.29, 1.82) is 0 Å². The molecule has 0 atom stereocenters. The van der Waals surface area contributed by atoms with Crippen molar-refractivity contribution >= 4 is 17.5 Å². The van der Waals surface area contributed by atoms with Crippen molar-refractivity contribution in [2.24, 2.45) is 0 Å². The Morgan fingerprint density at radius 3 is 2.59 bits per heavy atom. The molecule has 1 amide bonds. The number of nitrogens with zero attached hydrogens (tertiary/aromatic N) is 1. The number of hydrogen-bond acceptors (Lipinski definition) is 1. The monoisotopic (exact) mass is 253 g/mol. The van der Waals surface area contributed by atoms with Crippen molar-refractivity contribution in [2.75, 3.05) is 12.9 Å². The van der Waals surface area contributed by atoms with E-state index in [1.807, 2.05) is 0 Å². The van der Waals surface area contributed by atoms with Gasteiger partial charge in [-0.25, -0.2) is 0 Å². The van der Waals surface area contributed by atoms with E-state index in [1.165, 1.54) is 16.7 Å². The van der Waals surface area contributed by atoms with Gasteiger partial charge in [-0.15, -0.1) is 11.6 Å². The lowest BCUT2D eigenvalue weighted by Gasteiger charge is -2.18. The summed E-state index contributed by atoms with van der Waals surface area (Å²) < 4.78 is 0. The minimum absolute atomic E-state index is 0.0407. The predicted molar refractivity (Wildman–Crippen MR) is 72.5 cm³/mol. The first kappa shape index (κ1) is 14.0. The third kappa shape index (κ3) is 3.74. The molecule has 1 aromatic carbocycles. The molecule has 3 heteroatoms. The van der Waals surface area contributed by atoms with Crippen LogP contribution in [-0.2, 0) is 11.3 Å². The van der Waals surface area contributed by atoms with Crippen LogP contribution in [0.1, 0.15) is 36.5 Å². The van der Waals surface area contributed by atoms with Gasteiger partial charge < -0.3 is 4.90 Å². The molecule has 0 unspecified atom stereocenters. The third-order valence-electron chi connectivity index (χ3n) is 2.99. The van der Waals surface area contributed by atoms with Crippen LogP contribution in [0, 0.1) is 6.92 Å². The summed E-state index contributed by atoms with van der Waals surface area (Å²) in [6.45, 7) is 7.03. The molecular weight excluding hydrogens is 234 g/mol. The van der Waals surface area contributed by atoms with E-state index in [0.717, 1.165) is 0 Å². The highest BCUT2D eigenvalue weighted by Gasteiger charge is 2.10. The Morgan fingerprint density at radius 1 is 1.41 bits per heavy atom. The molecule has 0 saturated carbocycles. The fourth-order valence-corrected chi connectivity index (χ4v) is 1.87. The van der Waals surface area contributed by atoms with Crippen LogP contribution < -0.4 is 0 Å². The molecule has 0 aliphatic heterocycles. The van der Waals surface area contributed by atoms with Crippen molar-refractivity contribution in [2.45, 2.75) is 33.2 Å². The Bertz CT molecular complexity index is 401. The number of carbonyl (C=O) groups excluding carboxylic acids is 1. The maximum Gasteiger partial charge on any atom is 0.237 e. The van der Waals surface area contributed by atoms with Gasteiger partial charge in [0.05, 0.1) is 0 Å². The first-order valence-electron chi connectivity index (χ1n) is 5.85. The molecule has 0 N–H and O–H groups in total. The third-order valence-corrected chi connectivity index (χ3v) is 3.22. The lowest BCUT2D eigenvalue weighted by atomic mass is 9.97. The zero-order valence-corrected chi connectivity index (χ0v) is 11.7. The number of carbonyl (C=O) groups is 1. The van der Waals surface area contributed by atoms with Crippen LogP contribution >= 0.6 is 11.6 Å². The molecule has 0 aliphatic rings. The lowest BCUT2D eigenvalue weighted by molar-refractivity contribution is -0.127. The summed E-state index contributed by atoms with van der Waals surface area (Å²) in [5, 5.41) is 0. The highest BCUT2D eigenvalue weighted by molar-refractivity contribution is 6.27. The van der Waals surface area contributed by atoms with E-state index >= 15 is 0 Å². The Balaban J connectivity index is 2.89. The Labute approximate surface area is 109 Å². The predicted octanol–water partition coefficient (Wildman–Crippen LogP) is 3.32. The van der Waals surface area contributed by atoms with Gasteiger partial charge in [-0.3, -0.25) is 4.79 Å².